The molecule has 0 radical (unpaired) electrons. The maximum atomic E-state index is 15.6. The van der Waals surface area contributed by atoms with Crippen LogP contribution >= 0.6 is 0 Å². The third-order valence-corrected chi connectivity index (χ3v) is 7.36. The van der Waals surface area contributed by atoms with Gasteiger partial charge in [0.15, 0.2) is 87.3 Å². The van der Waals surface area contributed by atoms with Gasteiger partial charge < -0.3 is 0 Å². The smallest absolute Gasteiger partial charge is 0.200 e. The van der Waals surface area contributed by atoms with E-state index < -0.39 is 156 Å². The van der Waals surface area contributed by atoms with Gasteiger partial charge in [-0.05, 0) is 38.8 Å². The highest BCUT2D eigenvalue weighted by Gasteiger charge is 2.33. The summed E-state index contributed by atoms with van der Waals surface area (Å²) in [5.74, 6) is -39.0. The lowest BCUT2D eigenvalue weighted by Gasteiger charge is -2.17. The van der Waals surface area contributed by atoms with Crippen LogP contribution in [0.3, 0.4) is 0 Å². The molecule has 0 saturated heterocycles. The van der Waals surface area contributed by atoms with Crippen molar-refractivity contribution in [3.05, 3.63) is 126 Å². The van der Waals surface area contributed by atoms with E-state index in [1.807, 2.05) is 0 Å². The Morgan fingerprint density at radius 2 is 0.755 bits per heavy atom. The van der Waals surface area contributed by atoms with Crippen molar-refractivity contribution in [1.82, 2.24) is 0 Å². The van der Waals surface area contributed by atoms with Crippen molar-refractivity contribution in [3.63, 3.8) is 0 Å². The first-order valence-electron chi connectivity index (χ1n) is 13.1. The van der Waals surface area contributed by atoms with Gasteiger partial charge in [0.2, 0.25) is 5.82 Å². The zero-order valence-corrected chi connectivity index (χ0v) is 24.6. The molecular weight excluding hydrogens is 704 g/mol. The van der Waals surface area contributed by atoms with Crippen LogP contribution in [0, 0.1) is 114 Å². The van der Waals surface area contributed by atoms with E-state index in [9.17, 15) is 52.7 Å². The average Bonchev–Trinajstić information content (AvgIpc) is 3.06. The summed E-state index contributed by atoms with van der Waals surface area (Å²) in [7, 11) is 0. The van der Waals surface area contributed by atoms with Gasteiger partial charge in [-0.2, -0.15) is 0 Å². The third kappa shape index (κ3) is 5.79. The Bertz CT molecular complexity index is 2040. The lowest BCUT2D eigenvalue weighted by atomic mass is 9.92. The van der Waals surface area contributed by atoms with Gasteiger partial charge in [0.25, 0.3) is 0 Å². The van der Waals surface area contributed by atoms with Gasteiger partial charge in [0.1, 0.15) is 5.82 Å². The number of benzene rings is 4. The molecule has 260 valence electrons. The van der Waals surface area contributed by atoms with Crippen molar-refractivity contribution in [2.45, 2.75) is 34.2 Å². The molecule has 0 aliphatic carbocycles. The van der Waals surface area contributed by atoms with Gasteiger partial charge in [-0.1, -0.05) is 0 Å². The molecular formula is C31H14F16N2. The number of aliphatic imine (C=N–C) groups is 2. The van der Waals surface area contributed by atoms with Crippen LogP contribution in [0.5, 0.6) is 0 Å². The van der Waals surface area contributed by atoms with E-state index in [4.69, 9.17) is 0 Å². The SMILES string of the molecule is C/C(=N\C(=N/Cc1c(F)c(F)c(F)c(F)c1F)c1c(C)c(F)c(F)c(F)c1F)c1c(C)c(F)c(-c2c(C)c(F)c(F)c(F)c2F)c(F)c1F. The summed E-state index contributed by atoms with van der Waals surface area (Å²) >= 11 is 0. The molecule has 0 heterocycles. The van der Waals surface area contributed by atoms with E-state index in [1.165, 1.54) is 0 Å². The summed E-state index contributed by atoms with van der Waals surface area (Å²) in [5.41, 5.74) is -12.2. The summed E-state index contributed by atoms with van der Waals surface area (Å²) in [6.45, 7) is 0.819. The Kier molecular flexibility index (Phi) is 9.94. The van der Waals surface area contributed by atoms with Crippen LogP contribution in [0.15, 0.2) is 9.98 Å². The summed E-state index contributed by atoms with van der Waals surface area (Å²) in [6.07, 6.45) is 0. The Hall–Kier alpha value is -4.90. The fraction of sp³-hybridized carbons (Fsp3) is 0.161. The Morgan fingerprint density at radius 3 is 1.29 bits per heavy atom. The summed E-state index contributed by atoms with van der Waals surface area (Å²) in [6, 6.07) is 0. The Morgan fingerprint density at radius 1 is 0.388 bits per heavy atom. The number of halogens is 16. The molecule has 0 N–H and O–H groups in total. The second-order valence-corrected chi connectivity index (χ2v) is 10.2. The molecule has 4 aromatic carbocycles. The highest BCUT2D eigenvalue weighted by molar-refractivity contribution is 6.13. The van der Waals surface area contributed by atoms with Crippen LogP contribution in [0.1, 0.15) is 40.3 Å². The normalized spacial score (nSPS) is 12.4. The zero-order valence-electron chi connectivity index (χ0n) is 24.6. The van der Waals surface area contributed by atoms with E-state index in [1.54, 1.807) is 0 Å². The average molecular weight is 718 g/mol. The van der Waals surface area contributed by atoms with Crippen LogP contribution in [-0.4, -0.2) is 11.5 Å². The first-order chi connectivity index (χ1) is 22.7. The molecule has 0 atom stereocenters. The fourth-order valence-corrected chi connectivity index (χ4v) is 4.80. The predicted molar refractivity (Wildman–Crippen MR) is 141 cm³/mol. The molecule has 2 nitrogen and oxygen atoms in total. The standard InChI is InChI=1S/C31H14F16N2/c1-6-11(20(37)23(40)14(15(6)32)12-7(2)16(33)24(41)28(45)21(12)38)9(4)49-31(13-8(3)17(34)25(42)29(46)22(13)39)48-5-10-18(35)26(43)30(47)27(44)19(10)36/h5H2,1-4H3/b48-31-,49-9+. The molecule has 0 aliphatic rings. The van der Waals surface area contributed by atoms with Crippen LogP contribution < -0.4 is 0 Å². The number of rotatable bonds is 5. The van der Waals surface area contributed by atoms with Crippen molar-refractivity contribution in [2.75, 3.05) is 0 Å². The van der Waals surface area contributed by atoms with Gasteiger partial charge in [-0.25, -0.2) is 75.2 Å². The molecule has 0 saturated carbocycles. The minimum Gasteiger partial charge on any atom is -0.261 e. The van der Waals surface area contributed by atoms with E-state index in [0.29, 0.717) is 27.7 Å². The van der Waals surface area contributed by atoms with Crippen molar-refractivity contribution < 1.29 is 70.2 Å². The first kappa shape index (κ1) is 36.9. The predicted octanol–water partition coefficient (Wildman–Crippen LogP) is 9.96. The van der Waals surface area contributed by atoms with Gasteiger partial charge in [0, 0.05) is 16.7 Å². The quantitative estimate of drug-likeness (QED) is 0.0646. The van der Waals surface area contributed by atoms with Gasteiger partial charge in [-0.15, -0.1) is 0 Å². The van der Waals surface area contributed by atoms with Gasteiger partial charge in [-0.3, -0.25) is 4.99 Å². The molecule has 18 heteroatoms. The molecule has 0 aromatic heterocycles. The second kappa shape index (κ2) is 13.2. The number of hydrogen-bond acceptors (Lipinski definition) is 1. The highest BCUT2D eigenvalue weighted by atomic mass is 19.2. The molecule has 0 spiro atoms. The maximum Gasteiger partial charge on any atom is 0.200 e. The number of hydrogen-bond donors (Lipinski definition) is 0. The Balaban J connectivity index is 2.04. The van der Waals surface area contributed by atoms with Crippen molar-refractivity contribution in [3.8, 4) is 11.1 Å². The Labute approximate surface area is 264 Å². The molecule has 0 fully saturated rings. The zero-order chi connectivity index (χ0) is 37.1. The van der Waals surface area contributed by atoms with E-state index in [-0.39, 0.29) is 0 Å². The number of amidine groups is 1. The first-order valence-corrected chi connectivity index (χ1v) is 13.1. The van der Waals surface area contributed by atoms with Crippen LogP contribution in [0.25, 0.3) is 11.1 Å². The van der Waals surface area contributed by atoms with Crippen LogP contribution in [-0.2, 0) is 6.54 Å². The lowest BCUT2D eigenvalue weighted by Crippen LogP contribution is -2.16. The maximum absolute atomic E-state index is 15.6. The molecule has 0 bridgehead atoms. The van der Waals surface area contributed by atoms with Gasteiger partial charge in [0.05, 0.1) is 28.9 Å². The second-order valence-electron chi connectivity index (χ2n) is 10.2. The van der Waals surface area contributed by atoms with E-state index >= 15 is 17.6 Å². The minimum absolute atomic E-state index is 0.577. The summed E-state index contributed by atoms with van der Waals surface area (Å²) in [5, 5.41) is 0. The number of nitrogens with zero attached hydrogens (tertiary/aromatic N) is 2. The van der Waals surface area contributed by atoms with E-state index in [2.05, 4.69) is 9.98 Å². The van der Waals surface area contributed by atoms with Crippen LogP contribution in [0.2, 0.25) is 0 Å². The van der Waals surface area contributed by atoms with Crippen LogP contribution in [0.4, 0.5) is 70.2 Å². The monoisotopic (exact) mass is 718 g/mol. The molecule has 0 aliphatic heterocycles. The highest BCUT2D eigenvalue weighted by Crippen LogP contribution is 2.39. The topological polar surface area (TPSA) is 24.7 Å². The van der Waals surface area contributed by atoms with Crippen molar-refractivity contribution in [2.24, 2.45) is 9.98 Å². The minimum atomic E-state index is -2.60. The van der Waals surface area contributed by atoms with Crippen molar-refractivity contribution in [1.29, 1.82) is 0 Å². The largest absolute Gasteiger partial charge is 0.261 e. The van der Waals surface area contributed by atoms with Gasteiger partial charge >= 0.3 is 0 Å². The lowest BCUT2D eigenvalue weighted by molar-refractivity contribution is 0.370. The molecule has 0 unspecified atom stereocenters. The molecule has 4 aromatic rings. The summed E-state index contributed by atoms with van der Waals surface area (Å²) < 4.78 is 230. The third-order valence-electron chi connectivity index (χ3n) is 7.36. The molecule has 49 heavy (non-hydrogen) atoms. The summed E-state index contributed by atoms with van der Waals surface area (Å²) in [4.78, 5) is 6.85. The van der Waals surface area contributed by atoms with Crippen molar-refractivity contribution >= 4 is 11.5 Å². The van der Waals surface area contributed by atoms with E-state index in [0.717, 1.165) is 0 Å². The fourth-order valence-electron chi connectivity index (χ4n) is 4.80. The molecule has 4 rings (SSSR count). The molecule has 0 amide bonds.